The Morgan fingerprint density at radius 3 is 2.42 bits per heavy atom. The van der Waals surface area contributed by atoms with Gasteiger partial charge in [-0.05, 0) is 36.4 Å². The van der Waals surface area contributed by atoms with Crippen LogP contribution < -0.4 is 16.8 Å². The Bertz CT molecular complexity index is 644. The van der Waals surface area contributed by atoms with Crippen molar-refractivity contribution in [2.75, 3.05) is 11.1 Å². The van der Waals surface area contributed by atoms with E-state index in [0.29, 0.717) is 32.7 Å². The molecule has 1 amide bonds. The molecule has 0 aromatic heterocycles. The summed E-state index contributed by atoms with van der Waals surface area (Å²) in [5.41, 5.74) is 13.0. The van der Waals surface area contributed by atoms with Crippen molar-refractivity contribution in [1.29, 1.82) is 0 Å². The lowest BCUT2D eigenvalue weighted by molar-refractivity contribution is 0.100. The normalized spacial score (nSPS) is 10.2. The molecule has 0 aliphatic rings. The number of benzene rings is 2. The minimum absolute atomic E-state index is 0.347. The maximum atomic E-state index is 11.0. The molecular formula is C13H11Cl2N3O. The van der Waals surface area contributed by atoms with Crippen LogP contribution in [0.4, 0.5) is 17.1 Å². The average Bonchev–Trinajstić information content (AvgIpc) is 2.36. The summed E-state index contributed by atoms with van der Waals surface area (Å²) in [5.74, 6) is -0.529. The first-order valence-electron chi connectivity index (χ1n) is 5.39. The fourth-order valence-electron chi connectivity index (χ4n) is 1.57. The summed E-state index contributed by atoms with van der Waals surface area (Å²) in [7, 11) is 0. The van der Waals surface area contributed by atoms with Gasteiger partial charge in [-0.15, -0.1) is 0 Å². The predicted molar refractivity (Wildman–Crippen MR) is 79.1 cm³/mol. The van der Waals surface area contributed by atoms with Gasteiger partial charge in [0.05, 0.1) is 22.1 Å². The van der Waals surface area contributed by atoms with Gasteiger partial charge in [0.2, 0.25) is 5.91 Å². The smallest absolute Gasteiger partial charge is 0.248 e. The number of halogens is 2. The Labute approximate surface area is 120 Å². The Kier molecular flexibility index (Phi) is 3.83. The van der Waals surface area contributed by atoms with Crippen molar-refractivity contribution in [1.82, 2.24) is 0 Å². The molecule has 0 radical (unpaired) electrons. The molecule has 6 heteroatoms. The summed E-state index contributed by atoms with van der Waals surface area (Å²) in [6.45, 7) is 0. The number of amides is 1. The molecule has 0 bridgehead atoms. The second kappa shape index (κ2) is 5.38. The van der Waals surface area contributed by atoms with Crippen LogP contribution in [0.15, 0.2) is 36.4 Å². The topological polar surface area (TPSA) is 81.1 Å². The van der Waals surface area contributed by atoms with Gasteiger partial charge < -0.3 is 16.8 Å². The highest BCUT2D eigenvalue weighted by Gasteiger charge is 2.07. The summed E-state index contributed by atoms with van der Waals surface area (Å²) in [6.07, 6.45) is 0. The fourth-order valence-corrected chi connectivity index (χ4v) is 1.91. The quantitative estimate of drug-likeness (QED) is 0.759. The lowest BCUT2D eigenvalue weighted by Gasteiger charge is -2.11. The van der Waals surface area contributed by atoms with E-state index in [9.17, 15) is 4.79 Å². The van der Waals surface area contributed by atoms with Crippen molar-refractivity contribution in [3.8, 4) is 0 Å². The second-order valence-corrected chi connectivity index (χ2v) is 4.76. The highest BCUT2D eigenvalue weighted by atomic mass is 35.5. The van der Waals surface area contributed by atoms with Crippen molar-refractivity contribution < 1.29 is 4.79 Å². The van der Waals surface area contributed by atoms with Crippen LogP contribution in [0.25, 0.3) is 0 Å². The third-order valence-corrected chi connectivity index (χ3v) is 3.10. The van der Waals surface area contributed by atoms with Gasteiger partial charge in [0.1, 0.15) is 0 Å². The van der Waals surface area contributed by atoms with Gasteiger partial charge in [-0.3, -0.25) is 4.79 Å². The first kappa shape index (κ1) is 13.5. The summed E-state index contributed by atoms with van der Waals surface area (Å²) >= 11 is 11.9. The van der Waals surface area contributed by atoms with Gasteiger partial charge in [0.25, 0.3) is 0 Å². The molecule has 0 saturated carbocycles. The highest BCUT2D eigenvalue weighted by Crippen LogP contribution is 2.31. The molecular weight excluding hydrogens is 285 g/mol. The number of hydrogen-bond acceptors (Lipinski definition) is 3. The zero-order valence-corrected chi connectivity index (χ0v) is 11.3. The van der Waals surface area contributed by atoms with E-state index in [1.807, 2.05) is 0 Å². The SMILES string of the molecule is NC(=O)c1ccc(Nc2cc(Cl)ccc2Cl)c(N)c1. The van der Waals surface area contributed by atoms with Gasteiger partial charge in [-0.2, -0.15) is 0 Å². The molecule has 0 heterocycles. The lowest BCUT2D eigenvalue weighted by Crippen LogP contribution is -2.11. The van der Waals surface area contributed by atoms with Gasteiger partial charge >= 0.3 is 0 Å². The molecule has 4 nitrogen and oxygen atoms in total. The number of primary amides is 1. The summed E-state index contributed by atoms with van der Waals surface area (Å²) in [5, 5.41) is 4.13. The van der Waals surface area contributed by atoms with E-state index in [-0.39, 0.29) is 0 Å². The molecule has 2 aromatic rings. The van der Waals surface area contributed by atoms with Crippen LogP contribution >= 0.6 is 23.2 Å². The highest BCUT2D eigenvalue weighted by molar-refractivity contribution is 6.35. The third kappa shape index (κ3) is 3.10. The minimum atomic E-state index is -0.529. The molecule has 2 rings (SSSR count). The van der Waals surface area contributed by atoms with Crippen LogP contribution in [-0.2, 0) is 0 Å². The van der Waals surface area contributed by atoms with E-state index in [4.69, 9.17) is 34.7 Å². The molecule has 0 aliphatic heterocycles. The van der Waals surface area contributed by atoms with Crippen LogP contribution in [0.1, 0.15) is 10.4 Å². The number of carbonyl (C=O) groups is 1. The zero-order valence-electron chi connectivity index (χ0n) is 9.78. The molecule has 0 spiro atoms. The van der Waals surface area contributed by atoms with Gasteiger partial charge in [0, 0.05) is 10.6 Å². The molecule has 0 atom stereocenters. The van der Waals surface area contributed by atoms with Crippen LogP contribution in [0.2, 0.25) is 10.0 Å². The second-order valence-electron chi connectivity index (χ2n) is 3.92. The monoisotopic (exact) mass is 295 g/mol. The number of anilines is 3. The van der Waals surface area contributed by atoms with Crippen molar-refractivity contribution in [3.63, 3.8) is 0 Å². The van der Waals surface area contributed by atoms with Gasteiger partial charge in [-0.25, -0.2) is 0 Å². The minimum Gasteiger partial charge on any atom is -0.397 e. The largest absolute Gasteiger partial charge is 0.397 e. The number of nitrogens with one attached hydrogen (secondary N) is 1. The average molecular weight is 296 g/mol. The first-order chi connectivity index (χ1) is 8.97. The van der Waals surface area contributed by atoms with E-state index in [2.05, 4.69) is 5.32 Å². The first-order valence-corrected chi connectivity index (χ1v) is 6.14. The lowest BCUT2D eigenvalue weighted by atomic mass is 10.1. The molecule has 98 valence electrons. The van der Waals surface area contributed by atoms with E-state index >= 15 is 0 Å². The molecule has 2 aromatic carbocycles. The Balaban J connectivity index is 2.33. The molecule has 0 fully saturated rings. The number of nitrogen functional groups attached to an aromatic ring is 1. The van der Waals surface area contributed by atoms with Crippen LogP contribution in [0.5, 0.6) is 0 Å². The van der Waals surface area contributed by atoms with Crippen LogP contribution in [0, 0.1) is 0 Å². The van der Waals surface area contributed by atoms with Crippen LogP contribution in [-0.4, -0.2) is 5.91 Å². The van der Waals surface area contributed by atoms with Crippen molar-refractivity contribution in [2.45, 2.75) is 0 Å². The predicted octanol–water partition coefficient (Wildman–Crippen LogP) is 3.42. The Morgan fingerprint density at radius 1 is 1.05 bits per heavy atom. The van der Waals surface area contributed by atoms with Gasteiger partial charge in [0.15, 0.2) is 0 Å². The van der Waals surface area contributed by atoms with Crippen LogP contribution in [0.3, 0.4) is 0 Å². The third-order valence-electron chi connectivity index (χ3n) is 2.53. The van der Waals surface area contributed by atoms with Crippen molar-refractivity contribution >= 4 is 46.2 Å². The molecule has 0 aliphatic carbocycles. The summed E-state index contributed by atoms with van der Waals surface area (Å²) in [4.78, 5) is 11.0. The van der Waals surface area contributed by atoms with Gasteiger partial charge in [-0.1, -0.05) is 23.2 Å². The van der Waals surface area contributed by atoms with E-state index < -0.39 is 5.91 Å². The maximum Gasteiger partial charge on any atom is 0.248 e. The molecule has 0 unspecified atom stereocenters. The number of hydrogen-bond donors (Lipinski definition) is 3. The summed E-state index contributed by atoms with van der Waals surface area (Å²) in [6, 6.07) is 9.80. The number of rotatable bonds is 3. The zero-order chi connectivity index (χ0) is 14.0. The van der Waals surface area contributed by atoms with Crippen molar-refractivity contribution in [2.24, 2.45) is 5.73 Å². The van der Waals surface area contributed by atoms with E-state index in [1.54, 1.807) is 30.3 Å². The van der Waals surface area contributed by atoms with Crippen molar-refractivity contribution in [3.05, 3.63) is 52.0 Å². The number of nitrogens with two attached hydrogens (primary N) is 2. The molecule has 5 N–H and O–H groups in total. The maximum absolute atomic E-state index is 11.0. The molecule has 19 heavy (non-hydrogen) atoms. The standard InChI is InChI=1S/C13H11Cl2N3O/c14-8-2-3-9(15)12(6-8)18-11-4-1-7(13(17)19)5-10(11)16/h1-6,18H,16H2,(H2,17,19). The Hall–Kier alpha value is -1.91. The summed E-state index contributed by atoms with van der Waals surface area (Å²) < 4.78 is 0. The van der Waals surface area contributed by atoms with E-state index in [1.165, 1.54) is 6.07 Å². The van der Waals surface area contributed by atoms with E-state index in [0.717, 1.165) is 0 Å². The number of carbonyl (C=O) groups excluding carboxylic acids is 1. The molecule has 0 saturated heterocycles. The fraction of sp³-hybridized carbons (Fsp3) is 0. The Morgan fingerprint density at radius 2 is 1.79 bits per heavy atom.